The Labute approximate surface area is 158 Å². The van der Waals surface area contributed by atoms with Gasteiger partial charge >= 0.3 is 5.63 Å². The van der Waals surface area contributed by atoms with E-state index in [-0.39, 0.29) is 17.3 Å². The van der Waals surface area contributed by atoms with Crippen molar-refractivity contribution < 1.29 is 18.0 Å². The second-order valence-corrected chi connectivity index (χ2v) is 6.54. The first-order valence-corrected chi connectivity index (χ1v) is 8.77. The Balaban J connectivity index is 1.95. The van der Waals surface area contributed by atoms with E-state index in [1.165, 1.54) is 12.3 Å². The van der Waals surface area contributed by atoms with Crippen LogP contribution in [0.3, 0.4) is 0 Å². The Hall–Kier alpha value is -3.86. The molecule has 0 aliphatic heterocycles. The number of carbonyl (C=O) groups excluding carboxylic acids is 1. The summed E-state index contributed by atoms with van der Waals surface area (Å²) in [5.74, 6) is -0.0471. The number of benzene rings is 2. The summed E-state index contributed by atoms with van der Waals surface area (Å²) < 4.78 is 16.8. The number of carbonyl (C=O) groups is 1. The Morgan fingerprint density at radius 3 is 2.50 bits per heavy atom. The fraction of sp³-hybridized carbons (Fsp3) is 0.0435. The highest BCUT2D eigenvalue weighted by molar-refractivity contribution is 6.19. The van der Waals surface area contributed by atoms with Gasteiger partial charge in [-0.3, -0.25) is 4.79 Å². The van der Waals surface area contributed by atoms with Crippen LogP contribution in [0.15, 0.2) is 85.0 Å². The summed E-state index contributed by atoms with van der Waals surface area (Å²) in [6, 6.07) is 17.7. The summed E-state index contributed by atoms with van der Waals surface area (Å²) in [5, 5.41) is 1.39. The third-order valence-corrected chi connectivity index (χ3v) is 4.78. The van der Waals surface area contributed by atoms with Crippen molar-refractivity contribution in [2.75, 3.05) is 0 Å². The number of furan rings is 2. The Morgan fingerprint density at radius 2 is 1.75 bits per heavy atom. The molecule has 5 aromatic rings. The zero-order chi connectivity index (χ0) is 19.3. The number of rotatable bonds is 3. The summed E-state index contributed by atoms with van der Waals surface area (Å²) >= 11 is 0. The van der Waals surface area contributed by atoms with E-state index in [1.54, 1.807) is 18.2 Å². The highest BCUT2D eigenvalue weighted by Crippen LogP contribution is 2.40. The number of hydrogen-bond acceptors (Lipinski definition) is 5. The van der Waals surface area contributed by atoms with E-state index in [4.69, 9.17) is 13.3 Å². The van der Waals surface area contributed by atoms with Gasteiger partial charge in [-0.05, 0) is 42.3 Å². The molecule has 0 aliphatic carbocycles. The quantitative estimate of drug-likeness (QED) is 0.317. The van der Waals surface area contributed by atoms with E-state index in [9.17, 15) is 9.59 Å². The van der Waals surface area contributed by atoms with Gasteiger partial charge in [-0.25, -0.2) is 4.79 Å². The van der Waals surface area contributed by atoms with Gasteiger partial charge in [-0.15, -0.1) is 0 Å². The molecule has 0 fully saturated rings. The molecule has 0 bridgehead atoms. The lowest BCUT2D eigenvalue weighted by atomic mass is 9.98. The third kappa shape index (κ3) is 2.41. The van der Waals surface area contributed by atoms with Crippen LogP contribution in [-0.2, 0) is 0 Å². The Morgan fingerprint density at radius 1 is 0.929 bits per heavy atom. The molecule has 136 valence electrons. The normalized spacial score (nSPS) is 11.3. The number of ketones is 1. The van der Waals surface area contributed by atoms with Gasteiger partial charge in [0.15, 0.2) is 11.5 Å². The van der Waals surface area contributed by atoms with Gasteiger partial charge in [-0.2, -0.15) is 0 Å². The number of aryl methyl sites for hydroxylation is 1. The minimum Gasteiger partial charge on any atom is -0.461 e. The molecule has 0 saturated heterocycles. The van der Waals surface area contributed by atoms with Gasteiger partial charge in [-0.1, -0.05) is 30.3 Å². The fourth-order valence-corrected chi connectivity index (χ4v) is 3.52. The topological polar surface area (TPSA) is 73.6 Å². The molecule has 0 N–H and O–H groups in total. The molecule has 0 unspecified atom stereocenters. The first kappa shape index (κ1) is 16.3. The lowest BCUT2D eigenvalue weighted by Crippen LogP contribution is -2.00. The van der Waals surface area contributed by atoms with Crippen molar-refractivity contribution in [1.82, 2.24) is 0 Å². The number of hydrogen-bond donors (Lipinski definition) is 0. The monoisotopic (exact) mass is 370 g/mol. The van der Waals surface area contributed by atoms with Crippen LogP contribution < -0.4 is 5.63 Å². The molecule has 0 saturated carbocycles. The smallest absolute Gasteiger partial charge is 0.336 e. The molecule has 0 radical (unpaired) electrons. The Bertz CT molecular complexity index is 1390. The van der Waals surface area contributed by atoms with E-state index >= 15 is 0 Å². The standard InChI is InChI=1S/C23H14O5/c1-13-12-18(24)28-22-15(13)9-10-16-20(22)19(14-6-3-2-4-7-14)23(27-16)21(25)17-8-5-11-26-17/h2-12H,1H3. The molecular weight excluding hydrogens is 356 g/mol. The minimum absolute atomic E-state index is 0.146. The van der Waals surface area contributed by atoms with E-state index in [0.29, 0.717) is 22.1 Å². The maximum absolute atomic E-state index is 13.1. The molecule has 0 spiro atoms. The van der Waals surface area contributed by atoms with Gasteiger partial charge in [0.05, 0.1) is 11.6 Å². The second-order valence-electron chi connectivity index (χ2n) is 6.54. The summed E-state index contributed by atoms with van der Waals surface area (Å²) in [4.78, 5) is 25.1. The number of fused-ring (bicyclic) bond motifs is 3. The average Bonchev–Trinajstić information content (AvgIpc) is 3.36. The molecule has 3 heterocycles. The van der Waals surface area contributed by atoms with E-state index in [2.05, 4.69) is 0 Å². The molecule has 5 rings (SSSR count). The summed E-state index contributed by atoms with van der Waals surface area (Å²) in [6.07, 6.45) is 1.44. The molecule has 5 nitrogen and oxygen atoms in total. The van der Waals surface area contributed by atoms with Gasteiger partial charge in [0.1, 0.15) is 11.2 Å². The van der Waals surface area contributed by atoms with E-state index < -0.39 is 5.63 Å². The zero-order valence-electron chi connectivity index (χ0n) is 14.9. The molecule has 3 aromatic heterocycles. The predicted octanol–water partition coefficient (Wildman–Crippen LogP) is 5.34. The highest BCUT2D eigenvalue weighted by atomic mass is 16.4. The minimum atomic E-state index is -0.448. The molecule has 0 aliphatic rings. The van der Waals surface area contributed by atoms with Crippen LogP contribution >= 0.6 is 0 Å². The molecule has 0 amide bonds. The average molecular weight is 370 g/mol. The maximum atomic E-state index is 13.1. The molecular formula is C23H14O5. The fourth-order valence-electron chi connectivity index (χ4n) is 3.52. The first-order chi connectivity index (χ1) is 13.6. The SMILES string of the molecule is Cc1cc(=O)oc2c1ccc1oc(C(=O)c3ccco3)c(-c3ccccc3)c12. The predicted molar refractivity (Wildman–Crippen MR) is 105 cm³/mol. The van der Waals surface area contributed by atoms with Crippen molar-refractivity contribution in [3.63, 3.8) is 0 Å². The largest absolute Gasteiger partial charge is 0.461 e. The van der Waals surface area contributed by atoms with Crippen LogP contribution in [0.5, 0.6) is 0 Å². The Kier molecular flexibility index (Phi) is 3.55. The van der Waals surface area contributed by atoms with Gasteiger partial charge < -0.3 is 13.3 Å². The lowest BCUT2D eigenvalue weighted by molar-refractivity contribution is 0.0986. The van der Waals surface area contributed by atoms with Crippen LogP contribution in [0, 0.1) is 6.92 Å². The van der Waals surface area contributed by atoms with Gasteiger partial charge in [0.2, 0.25) is 0 Å². The van der Waals surface area contributed by atoms with Gasteiger partial charge in [0.25, 0.3) is 5.78 Å². The third-order valence-electron chi connectivity index (χ3n) is 4.78. The first-order valence-electron chi connectivity index (χ1n) is 8.77. The van der Waals surface area contributed by atoms with Crippen LogP contribution in [0.2, 0.25) is 0 Å². The van der Waals surface area contributed by atoms with Crippen molar-refractivity contribution in [2.45, 2.75) is 6.92 Å². The van der Waals surface area contributed by atoms with Crippen molar-refractivity contribution in [3.05, 3.63) is 94.4 Å². The molecule has 2 aromatic carbocycles. The second kappa shape index (κ2) is 6.09. The van der Waals surface area contributed by atoms with Crippen LogP contribution in [0.25, 0.3) is 33.1 Å². The molecule has 28 heavy (non-hydrogen) atoms. The zero-order valence-corrected chi connectivity index (χ0v) is 14.9. The summed E-state index contributed by atoms with van der Waals surface area (Å²) in [6.45, 7) is 1.85. The lowest BCUT2D eigenvalue weighted by Gasteiger charge is -2.04. The van der Waals surface area contributed by atoms with Crippen molar-refractivity contribution in [1.29, 1.82) is 0 Å². The van der Waals surface area contributed by atoms with Crippen molar-refractivity contribution in [3.8, 4) is 11.1 Å². The highest BCUT2D eigenvalue weighted by Gasteiger charge is 2.27. The molecule has 0 atom stereocenters. The maximum Gasteiger partial charge on any atom is 0.336 e. The van der Waals surface area contributed by atoms with Crippen molar-refractivity contribution in [2.24, 2.45) is 0 Å². The van der Waals surface area contributed by atoms with E-state index in [1.807, 2.05) is 43.3 Å². The van der Waals surface area contributed by atoms with Crippen LogP contribution in [0.1, 0.15) is 21.9 Å². The van der Waals surface area contributed by atoms with E-state index in [0.717, 1.165) is 16.5 Å². The summed E-state index contributed by atoms with van der Waals surface area (Å²) in [7, 11) is 0. The van der Waals surface area contributed by atoms with Crippen LogP contribution in [-0.4, -0.2) is 5.78 Å². The molecule has 5 heteroatoms. The van der Waals surface area contributed by atoms with Crippen LogP contribution in [0.4, 0.5) is 0 Å². The van der Waals surface area contributed by atoms with Crippen molar-refractivity contribution >= 4 is 27.7 Å². The van der Waals surface area contributed by atoms with Gasteiger partial charge in [0, 0.05) is 17.0 Å². The summed E-state index contributed by atoms with van der Waals surface area (Å²) in [5.41, 5.74) is 2.59.